The monoisotopic (exact) mass is 199 g/mol. The molecule has 0 spiro atoms. The highest BCUT2D eigenvalue weighted by molar-refractivity contribution is 5.95. The van der Waals surface area contributed by atoms with Crippen LogP contribution in [0.3, 0.4) is 0 Å². The van der Waals surface area contributed by atoms with Gasteiger partial charge in [-0.25, -0.2) is 4.79 Å². The summed E-state index contributed by atoms with van der Waals surface area (Å²) in [7, 11) is 0. The molecule has 0 heterocycles. The molecular formula is C10H17NO3. The smallest absolute Gasteiger partial charge is 0.331 e. The lowest BCUT2D eigenvalue weighted by atomic mass is 10.0. The van der Waals surface area contributed by atoms with Gasteiger partial charge in [0, 0.05) is 12.1 Å². The molecule has 0 bridgehead atoms. The van der Waals surface area contributed by atoms with E-state index < -0.39 is 11.9 Å². The molecule has 0 aromatic carbocycles. The number of nitrogens with one attached hydrogen (secondary N) is 1. The molecule has 4 heteroatoms. The van der Waals surface area contributed by atoms with Crippen molar-refractivity contribution in [1.82, 2.24) is 5.32 Å². The zero-order chi connectivity index (χ0) is 11.1. The third-order valence-electron chi connectivity index (χ3n) is 2.02. The van der Waals surface area contributed by atoms with Crippen LogP contribution in [-0.4, -0.2) is 23.5 Å². The number of carboxylic acids is 1. The zero-order valence-corrected chi connectivity index (χ0v) is 8.67. The van der Waals surface area contributed by atoms with E-state index in [1.807, 2.05) is 6.92 Å². The molecule has 0 saturated heterocycles. The summed E-state index contributed by atoms with van der Waals surface area (Å²) in [6.07, 6.45) is 1.90. The molecule has 1 amide bonds. The molecule has 0 aliphatic carbocycles. The fourth-order valence-corrected chi connectivity index (χ4v) is 0.885. The standard InChI is InChI=1S/C10H17NO3/c1-4-5-6-11-9(12)7(2)8(3)10(13)14/h7H,3-6H2,1-2H3,(H,11,12)(H,13,14). The van der Waals surface area contributed by atoms with Gasteiger partial charge < -0.3 is 10.4 Å². The maximum absolute atomic E-state index is 11.3. The van der Waals surface area contributed by atoms with Gasteiger partial charge in [-0.3, -0.25) is 4.79 Å². The minimum atomic E-state index is -1.12. The molecule has 80 valence electrons. The summed E-state index contributed by atoms with van der Waals surface area (Å²) in [6, 6.07) is 0. The molecule has 0 aromatic heterocycles. The molecule has 14 heavy (non-hydrogen) atoms. The number of carbonyl (C=O) groups is 2. The number of rotatable bonds is 6. The van der Waals surface area contributed by atoms with E-state index in [4.69, 9.17) is 5.11 Å². The van der Waals surface area contributed by atoms with Crippen molar-refractivity contribution in [2.45, 2.75) is 26.7 Å². The Morgan fingerprint density at radius 2 is 2.07 bits per heavy atom. The molecule has 0 aromatic rings. The Kier molecular flexibility index (Phi) is 5.60. The lowest BCUT2D eigenvalue weighted by Gasteiger charge is -2.11. The first kappa shape index (κ1) is 12.7. The number of hydrogen-bond acceptors (Lipinski definition) is 2. The minimum Gasteiger partial charge on any atom is -0.478 e. The first-order valence-corrected chi connectivity index (χ1v) is 4.70. The summed E-state index contributed by atoms with van der Waals surface area (Å²) >= 11 is 0. The molecule has 0 fully saturated rings. The van der Waals surface area contributed by atoms with E-state index >= 15 is 0 Å². The van der Waals surface area contributed by atoms with E-state index in [1.165, 1.54) is 6.92 Å². The number of amides is 1. The normalized spacial score (nSPS) is 11.9. The number of carbonyl (C=O) groups excluding carboxylic acids is 1. The highest BCUT2D eigenvalue weighted by Crippen LogP contribution is 2.07. The van der Waals surface area contributed by atoms with E-state index in [2.05, 4.69) is 11.9 Å². The summed E-state index contributed by atoms with van der Waals surface area (Å²) in [5.74, 6) is -2.06. The zero-order valence-electron chi connectivity index (χ0n) is 8.67. The summed E-state index contributed by atoms with van der Waals surface area (Å²) < 4.78 is 0. The van der Waals surface area contributed by atoms with Crippen molar-refractivity contribution < 1.29 is 14.7 Å². The summed E-state index contributed by atoms with van der Waals surface area (Å²) in [4.78, 5) is 21.8. The minimum absolute atomic E-state index is 0.0704. The van der Waals surface area contributed by atoms with Gasteiger partial charge in [-0.2, -0.15) is 0 Å². The molecular weight excluding hydrogens is 182 g/mol. The second-order valence-electron chi connectivity index (χ2n) is 3.20. The highest BCUT2D eigenvalue weighted by Gasteiger charge is 2.20. The predicted octanol–water partition coefficient (Wildman–Crippen LogP) is 1.18. The van der Waals surface area contributed by atoms with Gasteiger partial charge in [0.25, 0.3) is 0 Å². The van der Waals surface area contributed by atoms with E-state index in [-0.39, 0.29) is 11.5 Å². The topological polar surface area (TPSA) is 66.4 Å². The van der Waals surface area contributed by atoms with E-state index in [9.17, 15) is 9.59 Å². The van der Waals surface area contributed by atoms with E-state index in [0.29, 0.717) is 6.54 Å². The number of unbranched alkanes of at least 4 members (excludes halogenated alkanes) is 1. The number of aliphatic carboxylic acids is 1. The Morgan fingerprint density at radius 3 is 2.50 bits per heavy atom. The Morgan fingerprint density at radius 1 is 1.50 bits per heavy atom. The Hall–Kier alpha value is -1.32. The van der Waals surface area contributed by atoms with Gasteiger partial charge in [-0.1, -0.05) is 19.9 Å². The first-order chi connectivity index (χ1) is 6.50. The van der Waals surface area contributed by atoms with Crippen molar-refractivity contribution in [2.75, 3.05) is 6.54 Å². The van der Waals surface area contributed by atoms with Crippen molar-refractivity contribution in [1.29, 1.82) is 0 Å². The van der Waals surface area contributed by atoms with Crippen molar-refractivity contribution in [3.63, 3.8) is 0 Å². The number of hydrogen-bond donors (Lipinski definition) is 2. The third-order valence-corrected chi connectivity index (χ3v) is 2.02. The predicted molar refractivity (Wildman–Crippen MR) is 53.9 cm³/mol. The average molecular weight is 199 g/mol. The molecule has 0 radical (unpaired) electrons. The fourth-order valence-electron chi connectivity index (χ4n) is 0.885. The molecule has 4 nitrogen and oxygen atoms in total. The second kappa shape index (κ2) is 6.18. The van der Waals surface area contributed by atoms with Crippen LogP contribution in [0.1, 0.15) is 26.7 Å². The molecule has 0 aliphatic rings. The van der Waals surface area contributed by atoms with Gasteiger partial charge >= 0.3 is 5.97 Å². The van der Waals surface area contributed by atoms with Gasteiger partial charge in [-0.05, 0) is 13.3 Å². The Labute approximate surface area is 84.0 Å². The van der Waals surface area contributed by atoms with Crippen LogP contribution >= 0.6 is 0 Å². The van der Waals surface area contributed by atoms with Crippen LogP contribution in [-0.2, 0) is 9.59 Å². The van der Waals surface area contributed by atoms with Crippen LogP contribution < -0.4 is 5.32 Å². The van der Waals surface area contributed by atoms with Crippen LogP contribution in [0.2, 0.25) is 0 Å². The maximum Gasteiger partial charge on any atom is 0.331 e. The third kappa shape index (κ3) is 4.07. The molecule has 0 aliphatic heterocycles. The molecule has 0 rings (SSSR count). The summed E-state index contributed by atoms with van der Waals surface area (Å²) in [5, 5.41) is 11.2. The second-order valence-corrected chi connectivity index (χ2v) is 3.20. The molecule has 2 N–H and O–H groups in total. The highest BCUT2D eigenvalue weighted by atomic mass is 16.4. The van der Waals surface area contributed by atoms with Gasteiger partial charge in [0.05, 0.1) is 5.92 Å². The van der Waals surface area contributed by atoms with Crippen LogP contribution in [0.25, 0.3) is 0 Å². The number of carboxylic acid groups (broad SMARTS) is 1. The Balaban J connectivity index is 3.99. The van der Waals surface area contributed by atoms with Crippen LogP contribution in [0, 0.1) is 5.92 Å². The SMILES string of the molecule is C=C(C(=O)O)C(C)C(=O)NCCCC. The lowest BCUT2D eigenvalue weighted by molar-refractivity contribution is -0.135. The van der Waals surface area contributed by atoms with Gasteiger partial charge in [-0.15, -0.1) is 0 Å². The lowest BCUT2D eigenvalue weighted by Crippen LogP contribution is -2.32. The summed E-state index contributed by atoms with van der Waals surface area (Å²) in [5.41, 5.74) is -0.0704. The van der Waals surface area contributed by atoms with Crippen LogP contribution in [0.15, 0.2) is 12.2 Å². The molecule has 1 atom stereocenters. The van der Waals surface area contributed by atoms with Gasteiger partial charge in [0.15, 0.2) is 0 Å². The van der Waals surface area contributed by atoms with Crippen molar-refractivity contribution >= 4 is 11.9 Å². The van der Waals surface area contributed by atoms with Gasteiger partial charge in [0.1, 0.15) is 0 Å². The Bertz CT molecular complexity index is 236. The van der Waals surface area contributed by atoms with E-state index in [1.54, 1.807) is 0 Å². The largest absolute Gasteiger partial charge is 0.478 e. The molecule has 1 unspecified atom stereocenters. The van der Waals surface area contributed by atoms with Crippen LogP contribution in [0.4, 0.5) is 0 Å². The summed E-state index contributed by atoms with van der Waals surface area (Å²) in [6.45, 7) is 7.49. The van der Waals surface area contributed by atoms with Crippen molar-refractivity contribution in [3.8, 4) is 0 Å². The quantitative estimate of drug-likeness (QED) is 0.498. The fraction of sp³-hybridized carbons (Fsp3) is 0.600. The van der Waals surface area contributed by atoms with Gasteiger partial charge in [0.2, 0.25) is 5.91 Å². The first-order valence-electron chi connectivity index (χ1n) is 4.70. The van der Waals surface area contributed by atoms with E-state index in [0.717, 1.165) is 12.8 Å². The van der Waals surface area contributed by atoms with Crippen molar-refractivity contribution in [3.05, 3.63) is 12.2 Å². The maximum atomic E-state index is 11.3. The van der Waals surface area contributed by atoms with Crippen molar-refractivity contribution in [2.24, 2.45) is 5.92 Å². The van der Waals surface area contributed by atoms with Crippen LogP contribution in [0.5, 0.6) is 0 Å². The molecule has 0 saturated carbocycles. The average Bonchev–Trinajstić information content (AvgIpc) is 2.15.